The number of H-pyrrole nitrogens is 1. The number of amides is 2. The Morgan fingerprint density at radius 1 is 0.463 bits per heavy atom. The molecule has 2 saturated carbocycles. The second-order valence-corrected chi connectivity index (χ2v) is 38.1. The Morgan fingerprint density at radius 3 is 1.57 bits per heavy atom. The van der Waals surface area contributed by atoms with Crippen LogP contribution in [0.5, 0.6) is 17.4 Å². The molecule has 2 amide bonds. The van der Waals surface area contributed by atoms with Gasteiger partial charge in [0.2, 0.25) is 23.6 Å². The maximum Gasteiger partial charge on any atom is 0.258 e. The SMILES string of the molecule is C#CCOc1ccc(/C=C/c2nc3ccccc3[nH]2)cc1C.C#CCOc1ccc(/C=C/c2nc3ccccc3o2)cc1C.Cc1ccc(/C=C/S(=O)(=O)N2CCCc3cccnc32)cc1C.Cc1ccc(/C=C/S(=O)(=O)N2CCCc3ncccc32)cc1C.Cc1ccc(C2CC2C(=O)N2CCNc3cccnc32)cc1C.Cc1ccc(C2CC2C(=O)N2CCOc3ncccc32)cc1C. The van der Waals surface area contributed by atoms with E-state index in [2.05, 4.69) is 122 Å². The highest BCUT2D eigenvalue weighted by Crippen LogP contribution is 2.51. The third-order valence-corrected chi connectivity index (χ3v) is 27.8. The molecule has 4 aliphatic heterocycles. The summed E-state index contributed by atoms with van der Waals surface area (Å²) in [7, 11) is -7.03. The zero-order valence-electron chi connectivity index (χ0n) is 78.3. The lowest BCUT2D eigenvalue weighted by Gasteiger charge is -2.29. The van der Waals surface area contributed by atoms with Crippen molar-refractivity contribution in [2.45, 2.75) is 120 Å². The number of ether oxygens (including phenoxy) is 3. The monoisotopic (exact) mass is 1850 g/mol. The quantitative estimate of drug-likeness (QED) is 0.0756. The predicted octanol–water partition coefficient (Wildman–Crippen LogP) is 21.8. The number of anilines is 5. The van der Waals surface area contributed by atoms with E-state index < -0.39 is 20.0 Å². The fourth-order valence-electron chi connectivity index (χ4n) is 16.6. The van der Waals surface area contributed by atoms with Gasteiger partial charge in [-0.1, -0.05) is 133 Å². The summed E-state index contributed by atoms with van der Waals surface area (Å²) in [6.45, 7) is 24.7. The molecule has 20 rings (SSSR count). The number of carbonyl (C=O) groups is 2. The van der Waals surface area contributed by atoms with E-state index in [1.807, 2.05) is 233 Å². The third kappa shape index (κ3) is 24.0. The van der Waals surface area contributed by atoms with E-state index in [1.165, 1.54) is 63.9 Å². The van der Waals surface area contributed by atoms with E-state index in [0.29, 0.717) is 67.9 Å². The zero-order valence-corrected chi connectivity index (χ0v) is 79.9. The Labute approximate surface area is 797 Å². The van der Waals surface area contributed by atoms with Gasteiger partial charge in [0.05, 0.1) is 45.5 Å². The lowest BCUT2D eigenvalue weighted by atomic mass is 10.0. The van der Waals surface area contributed by atoms with Gasteiger partial charge in [0.1, 0.15) is 54.2 Å². The van der Waals surface area contributed by atoms with Crippen molar-refractivity contribution in [1.82, 2.24) is 34.9 Å². The average Bonchev–Trinajstić information content (AvgIpc) is 1.65. The molecule has 14 aromatic rings. The van der Waals surface area contributed by atoms with Gasteiger partial charge in [-0.15, -0.1) is 12.8 Å². The van der Waals surface area contributed by atoms with E-state index in [0.717, 1.165) is 157 Å². The Hall–Kier alpha value is -15.0. The van der Waals surface area contributed by atoms with Crippen molar-refractivity contribution in [3.05, 3.63) is 354 Å². The summed E-state index contributed by atoms with van der Waals surface area (Å²) in [6.07, 6.45) is 33.5. The van der Waals surface area contributed by atoms with Crippen LogP contribution in [0.3, 0.4) is 0 Å². The predicted molar refractivity (Wildman–Crippen MR) is 547 cm³/mol. The molecule has 0 radical (unpaired) electrons. The van der Waals surface area contributed by atoms with Crippen molar-refractivity contribution in [2.24, 2.45) is 11.8 Å². The second-order valence-electron chi connectivity index (χ2n) is 34.6. The number of aryl methyl sites for hydroxylation is 12. The number of hydrogen-bond donors (Lipinski definition) is 2. The van der Waals surface area contributed by atoms with Gasteiger partial charge in [0, 0.05) is 68.9 Å². The fraction of sp³-hybridized carbons (Fsp3) is 0.250. The molecular weight excluding hydrogens is 1740 g/mol. The van der Waals surface area contributed by atoms with Crippen LogP contribution in [0.15, 0.2) is 246 Å². The number of benzene rings is 8. The van der Waals surface area contributed by atoms with Gasteiger partial charge in [0.15, 0.2) is 11.4 Å². The van der Waals surface area contributed by atoms with E-state index in [4.69, 9.17) is 31.5 Å². The van der Waals surface area contributed by atoms with Crippen molar-refractivity contribution < 1.29 is 45.1 Å². The third-order valence-electron chi connectivity index (χ3n) is 24.9. The molecule has 2 fully saturated rings. The maximum absolute atomic E-state index is 12.9. The number of fused-ring (bicyclic) bond motifs is 6. The van der Waals surface area contributed by atoms with Crippen LogP contribution in [-0.2, 0) is 42.5 Å². The van der Waals surface area contributed by atoms with E-state index in [1.54, 1.807) is 43.0 Å². The minimum atomic E-state index is -3.53. The number of oxazole rings is 1. The number of hydrogen-bond acceptors (Lipinski definition) is 17. The summed E-state index contributed by atoms with van der Waals surface area (Å²) in [5.41, 5.74) is 26.4. The lowest BCUT2D eigenvalue weighted by molar-refractivity contribution is -0.120. The minimum absolute atomic E-state index is 0.0864. The van der Waals surface area contributed by atoms with Crippen molar-refractivity contribution in [1.29, 1.82) is 0 Å². The van der Waals surface area contributed by atoms with Gasteiger partial charge in [-0.05, 0) is 329 Å². The molecule has 136 heavy (non-hydrogen) atoms. The highest BCUT2D eigenvalue weighted by atomic mass is 32.2. The zero-order chi connectivity index (χ0) is 95.6. The summed E-state index contributed by atoms with van der Waals surface area (Å²) >= 11 is 0. The Morgan fingerprint density at radius 2 is 0.971 bits per heavy atom. The van der Waals surface area contributed by atoms with Crippen molar-refractivity contribution >= 4 is 119 Å². The molecule has 6 aliphatic rings. The summed E-state index contributed by atoms with van der Waals surface area (Å²) in [6, 6.07) is 67.6. The molecule has 0 spiro atoms. The van der Waals surface area contributed by atoms with Crippen LogP contribution in [-0.4, -0.2) is 116 Å². The first-order valence-electron chi connectivity index (χ1n) is 45.7. The summed E-state index contributed by atoms with van der Waals surface area (Å²) < 4.78 is 75.7. The lowest BCUT2D eigenvalue weighted by Crippen LogP contribution is -2.40. The van der Waals surface area contributed by atoms with Gasteiger partial charge in [-0.2, -0.15) is 0 Å². The van der Waals surface area contributed by atoms with E-state index in [9.17, 15) is 26.4 Å². The fourth-order valence-corrected chi connectivity index (χ4v) is 19.2. The first-order chi connectivity index (χ1) is 65.8. The van der Waals surface area contributed by atoms with Gasteiger partial charge < -0.3 is 33.8 Å². The number of para-hydroxylation sites is 4. The first kappa shape index (κ1) is 95.6. The Kier molecular flexibility index (Phi) is 30.8. The molecule has 0 bridgehead atoms. The summed E-state index contributed by atoms with van der Waals surface area (Å²) in [5.74, 6) is 11.2. The number of nitrogens with zero attached hydrogens (tertiary/aromatic N) is 10. The second kappa shape index (κ2) is 43.8. The highest BCUT2D eigenvalue weighted by Gasteiger charge is 2.48. The number of imidazole rings is 1. The van der Waals surface area contributed by atoms with Crippen molar-refractivity contribution in [2.75, 3.05) is 76.3 Å². The topological polar surface area (TPSA) is 261 Å². The van der Waals surface area contributed by atoms with Gasteiger partial charge in [-0.3, -0.25) is 28.1 Å². The highest BCUT2D eigenvalue weighted by molar-refractivity contribution is 7.96. The largest absolute Gasteiger partial charge is 0.481 e. The number of nitrogens with one attached hydrogen (secondary N) is 2. The van der Waals surface area contributed by atoms with Gasteiger partial charge in [-0.25, -0.2) is 41.8 Å². The van der Waals surface area contributed by atoms with E-state index in [-0.39, 0.29) is 36.9 Å². The molecule has 22 nitrogen and oxygen atoms in total. The number of sulfonamides is 2. The number of carbonyl (C=O) groups excluding carboxylic acids is 2. The van der Waals surface area contributed by atoms with Crippen LogP contribution in [0.2, 0.25) is 0 Å². The maximum atomic E-state index is 12.9. The number of aromatic nitrogens is 7. The molecule has 4 unspecified atom stereocenters. The van der Waals surface area contributed by atoms with Crippen LogP contribution >= 0.6 is 0 Å². The summed E-state index contributed by atoms with van der Waals surface area (Å²) in [4.78, 5) is 58.9. The molecule has 6 aromatic heterocycles. The average molecular weight is 1850 g/mol. The van der Waals surface area contributed by atoms with Gasteiger partial charge >= 0.3 is 0 Å². The number of rotatable bonds is 18. The Balaban J connectivity index is 0.000000124. The van der Waals surface area contributed by atoms with Crippen LogP contribution in [0, 0.1) is 106 Å². The van der Waals surface area contributed by atoms with Crippen LogP contribution in [0.4, 0.5) is 28.7 Å². The molecule has 2 aliphatic carbocycles. The van der Waals surface area contributed by atoms with Crippen LogP contribution in [0.1, 0.15) is 150 Å². The van der Waals surface area contributed by atoms with Crippen LogP contribution < -0.4 is 37.9 Å². The number of aromatic amines is 1. The standard InChI is InChI=1S/C19H21N3O.C19H20N2O2.C19H16N2O.C19H15NO2.2C18H20N2O2S/c1-12-5-6-14(10-13(12)2)15-11-16(15)19(23)22-9-8-20-17-4-3-7-21-18(17)22;1-12-5-6-14(10-13(12)2)15-11-16(15)19(22)21-8-9-23-18-17(21)4-3-7-20-18;1-3-12-22-18-10-8-15(13-14(18)2)9-11-19-20-16-6-4-5-7-17(16)21-19;1-3-12-21-17-10-8-15(13-14(17)2)9-11-19-20-16-6-4-5-7-18(16)22-19;1-14-7-8-16(13-15(14)2)9-12-23(21,22)20-11-4-5-17-18(20)6-3-10-19-17;1-14-7-8-16(13-15(14)2)9-12-23(21,22)20-11-4-6-17-5-3-10-19-18(17)20/h3-7,10,15-16,20H,8-9,11H2,1-2H3;3-7,10,15-16H,8-9,11H2,1-2H3;1,4-11,13H,12H2,2H3,(H,20,21);1,4-11,13H,12H2,2H3;3,6-10,12-13H,4-5,11H2,1-2H3;3,5,7-10,12-13H,4,6,11H2,1-2H3/b;;2*11-9+;2*12-9+. The van der Waals surface area contributed by atoms with Crippen LogP contribution in [0.25, 0.3) is 58.6 Å². The molecule has 8 aromatic carbocycles. The molecule has 10 heterocycles. The van der Waals surface area contributed by atoms with Gasteiger partial charge in [0.25, 0.3) is 20.0 Å². The molecule has 692 valence electrons. The molecular formula is C112H112N12O10S2. The number of pyridine rings is 4. The minimum Gasteiger partial charge on any atom is -0.481 e. The Bertz CT molecular complexity index is 6700. The summed E-state index contributed by atoms with van der Waals surface area (Å²) in [5, 5.41) is 5.88. The van der Waals surface area contributed by atoms with Crippen molar-refractivity contribution in [3.63, 3.8) is 0 Å². The molecule has 0 saturated heterocycles. The molecule has 2 N–H and O–H groups in total. The number of terminal acetylenes is 2. The molecule has 4 atom stereocenters. The first-order valence-corrected chi connectivity index (χ1v) is 48.8. The molecule has 24 heteroatoms. The smallest absolute Gasteiger partial charge is 0.258 e. The van der Waals surface area contributed by atoms with Crippen molar-refractivity contribution in [3.8, 4) is 42.1 Å². The van der Waals surface area contributed by atoms with E-state index >= 15 is 0 Å². The normalized spacial score (nSPS) is 16.1.